The Kier molecular flexibility index (Phi) is 3.40. The Morgan fingerprint density at radius 1 is 1.69 bits per heavy atom. The molecule has 0 atom stereocenters. The third-order valence-electron chi connectivity index (χ3n) is 2.10. The fraction of sp³-hybridized carbons (Fsp3) is 0.200. The Hall–Kier alpha value is -1.14. The molecule has 0 fully saturated rings. The maximum Gasteiger partial charge on any atom is 0.254 e. The Labute approximate surface area is 105 Å². The Morgan fingerprint density at radius 3 is 3.06 bits per heavy atom. The molecule has 0 bridgehead atoms. The Balaban J connectivity index is 1.96. The first-order chi connectivity index (χ1) is 7.66. The number of aromatic nitrogens is 2. The molecular formula is C10H10BrN3OS. The summed E-state index contributed by atoms with van der Waals surface area (Å²) >= 11 is 5.03. The third kappa shape index (κ3) is 2.51. The van der Waals surface area contributed by atoms with Crippen LogP contribution in [0.4, 0.5) is 0 Å². The lowest BCUT2D eigenvalue weighted by Crippen LogP contribution is -2.22. The van der Waals surface area contributed by atoms with Crippen LogP contribution in [0.1, 0.15) is 15.9 Å². The Morgan fingerprint density at radius 2 is 2.50 bits per heavy atom. The fourth-order valence-corrected chi connectivity index (χ4v) is 2.50. The molecule has 0 aliphatic rings. The van der Waals surface area contributed by atoms with E-state index in [9.17, 15) is 4.79 Å². The zero-order valence-electron chi connectivity index (χ0n) is 8.61. The molecule has 2 aromatic heterocycles. The number of nitrogens with zero attached hydrogens (tertiary/aromatic N) is 2. The van der Waals surface area contributed by atoms with Crippen molar-refractivity contribution in [2.24, 2.45) is 7.05 Å². The number of carbonyl (C=O) groups excluding carboxylic acids is 1. The molecule has 4 nitrogen and oxygen atoms in total. The largest absolute Gasteiger partial charge is 0.348 e. The maximum absolute atomic E-state index is 11.7. The number of halogens is 1. The summed E-state index contributed by atoms with van der Waals surface area (Å²) in [6, 6.07) is 1.98. The number of aryl methyl sites for hydroxylation is 1. The summed E-state index contributed by atoms with van der Waals surface area (Å²) in [5.41, 5.74) is 1.66. The summed E-state index contributed by atoms with van der Waals surface area (Å²) in [6.45, 7) is 0.526. The molecule has 0 saturated heterocycles. The third-order valence-corrected chi connectivity index (χ3v) is 3.91. The summed E-state index contributed by atoms with van der Waals surface area (Å²) in [5.74, 6) is -0.105. The second-order valence-corrected chi connectivity index (χ2v) is 5.54. The molecule has 1 amide bonds. The molecule has 6 heteroatoms. The number of thiophene rings is 1. The highest BCUT2D eigenvalue weighted by Gasteiger charge is 2.08. The highest BCUT2D eigenvalue weighted by Crippen LogP contribution is 2.23. The summed E-state index contributed by atoms with van der Waals surface area (Å²) < 4.78 is 2.66. The predicted molar refractivity (Wildman–Crippen MR) is 66.4 cm³/mol. The molecule has 0 unspecified atom stereocenters. The molecule has 1 N–H and O–H groups in total. The molecule has 84 valence electrons. The van der Waals surface area contributed by atoms with Crippen molar-refractivity contribution >= 4 is 33.2 Å². The molecule has 0 aliphatic heterocycles. The summed E-state index contributed by atoms with van der Waals surface area (Å²) in [5, 5.41) is 8.77. The topological polar surface area (TPSA) is 46.9 Å². The minimum atomic E-state index is -0.105. The lowest BCUT2D eigenvalue weighted by atomic mass is 10.3. The van der Waals surface area contributed by atoms with Gasteiger partial charge in [-0.1, -0.05) is 0 Å². The molecule has 2 aromatic rings. The highest BCUT2D eigenvalue weighted by atomic mass is 79.9. The number of hydrogen-bond donors (Lipinski definition) is 1. The van der Waals surface area contributed by atoms with E-state index in [2.05, 4.69) is 26.3 Å². The molecule has 2 rings (SSSR count). The van der Waals surface area contributed by atoms with Crippen molar-refractivity contribution in [1.82, 2.24) is 15.1 Å². The number of carbonyl (C=O) groups is 1. The minimum absolute atomic E-state index is 0.105. The van der Waals surface area contributed by atoms with E-state index in [0.717, 1.165) is 9.35 Å². The zero-order valence-corrected chi connectivity index (χ0v) is 11.0. The average Bonchev–Trinajstić information content (AvgIpc) is 2.84. The van der Waals surface area contributed by atoms with Crippen LogP contribution >= 0.6 is 27.3 Å². The molecule has 0 spiro atoms. The van der Waals surface area contributed by atoms with E-state index in [4.69, 9.17) is 0 Å². The Bertz CT molecular complexity index is 506. The van der Waals surface area contributed by atoms with Crippen LogP contribution in [0, 0.1) is 0 Å². The first-order valence-electron chi connectivity index (χ1n) is 4.65. The summed E-state index contributed by atoms with van der Waals surface area (Å²) in [4.78, 5) is 11.7. The smallest absolute Gasteiger partial charge is 0.254 e. The van der Waals surface area contributed by atoms with Crippen molar-refractivity contribution in [3.05, 3.63) is 38.8 Å². The van der Waals surface area contributed by atoms with Crippen LogP contribution in [0.2, 0.25) is 0 Å². The summed E-state index contributed by atoms with van der Waals surface area (Å²) in [7, 11) is 1.78. The second kappa shape index (κ2) is 4.80. The molecule has 0 aromatic carbocycles. The first-order valence-corrected chi connectivity index (χ1v) is 6.33. The van der Waals surface area contributed by atoms with Crippen molar-refractivity contribution in [2.45, 2.75) is 6.54 Å². The predicted octanol–water partition coefficient (Wildman–Crippen LogP) is 2.17. The van der Waals surface area contributed by atoms with Gasteiger partial charge in [-0.3, -0.25) is 9.48 Å². The van der Waals surface area contributed by atoms with Crippen molar-refractivity contribution < 1.29 is 4.79 Å². The van der Waals surface area contributed by atoms with Crippen LogP contribution in [0.5, 0.6) is 0 Å². The van der Waals surface area contributed by atoms with Gasteiger partial charge in [-0.15, -0.1) is 11.3 Å². The van der Waals surface area contributed by atoms with Gasteiger partial charge in [-0.25, -0.2) is 0 Å². The van der Waals surface area contributed by atoms with E-state index in [1.807, 2.05) is 11.4 Å². The van der Waals surface area contributed by atoms with Crippen LogP contribution in [-0.4, -0.2) is 15.7 Å². The molecule has 0 aliphatic carbocycles. The number of rotatable bonds is 3. The monoisotopic (exact) mass is 299 g/mol. The van der Waals surface area contributed by atoms with E-state index in [1.54, 1.807) is 35.5 Å². The van der Waals surface area contributed by atoms with Crippen molar-refractivity contribution in [3.8, 4) is 0 Å². The second-order valence-electron chi connectivity index (χ2n) is 3.30. The first kappa shape index (κ1) is 11.3. The van der Waals surface area contributed by atoms with E-state index < -0.39 is 0 Å². The van der Waals surface area contributed by atoms with Gasteiger partial charge in [0.05, 0.1) is 15.5 Å². The zero-order chi connectivity index (χ0) is 11.5. The van der Waals surface area contributed by atoms with Gasteiger partial charge in [0.25, 0.3) is 5.91 Å². The molecule has 0 saturated carbocycles. The van der Waals surface area contributed by atoms with Gasteiger partial charge in [0.2, 0.25) is 0 Å². The fourth-order valence-electron chi connectivity index (χ4n) is 1.26. The molecular weight excluding hydrogens is 290 g/mol. The number of nitrogens with one attached hydrogen (secondary N) is 1. The maximum atomic E-state index is 11.7. The van der Waals surface area contributed by atoms with Gasteiger partial charge in [0, 0.05) is 19.8 Å². The number of amides is 1. The average molecular weight is 300 g/mol. The summed E-state index contributed by atoms with van der Waals surface area (Å²) in [6.07, 6.45) is 3.25. The number of hydrogen-bond acceptors (Lipinski definition) is 3. The van der Waals surface area contributed by atoms with Gasteiger partial charge in [0.15, 0.2) is 0 Å². The SMILES string of the molecule is Cn1cc(C(=O)NCc2ccsc2Br)cn1. The van der Waals surface area contributed by atoms with Crippen molar-refractivity contribution in [1.29, 1.82) is 0 Å². The lowest BCUT2D eigenvalue weighted by Gasteiger charge is -2.01. The van der Waals surface area contributed by atoms with Crippen LogP contribution in [-0.2, 0) is 13.6 Å². The minimum Gasteiger partial charge on any atom is -0.348 e. The van der Waals surface area contributed by atoms with Gasteiger partial charge >= 0.3 is 0 Å². The molecule has 16 heavy (non-hydrogen) atoms. The standard InChI is InChI=1S/C10H10BrN3OS/c1-14-6-8(5-13-14)10(15)12-4-7-2-3-16-9(7)11/h2-3,5-6H,4H2,1H3,(H,12,15). The van der Waals surface area contributed by atoms with Crippen LogP contribution in [0.25, 0.3) is 0 Å². The van der Waals surface area contributed by atoms with Crippen LogP contribution in [0.15, 0.2) is 27.6 Å². The van der Waals surface area contributed by atoms with E-state index >= 15 is 0 Å². The van der Waals surface area contributed by atoms with Crippen LogP contribution < -0.4 is 5.32 Å². The van der Waals surface area contributed by atoms with E-state index in [0.29, 0.717) is 12.1 Å². The molecule has 0 radical (unpaired) electrons. The van der Waals surface area contributed by atoms with E-state index in [1.165, 1.54) is 0 Å². The van der Waals surface area contributed by atoms with Crippen molar-refractivity contribution in [3.63, 3.8) is 0 Å². The van der Waals surface area contributed by atoms with E-state index in [-0.39, 0.29) is 5.91 Å². The lowest BCUT2D eigenvalue weighted by molar-refractivity contribution is 0.0951. The normalized spacial score (nSPS) is 10.4. The van der Waals surface area contributed by atoms with Gasteiger partial charge in [0.1, 0.15) is 0 Å². The van der Waals surface area contributed by atoms with Crippen molar-refractivity contribution in [2.75, 3.05) is 0 Å². The highest BCUT2D eigenvalue weighted by molar-refractivity contribution is 9.11. The molecule has 2 heterocycles. The van der Waals surface area contributed by atoms with Gasteiger partial charge < -0.3 is 5.32 Å². The van der Waals surface area contributed by atoms with Gasteiger partial charge in [-0.05, 0) is 32.9 Å². The quantitative estimate of drug-likeness (QED) is 0.944. The van der Waals surface area contributed by atoms with Gasteiger partial charge in [-0.2, -0.15) is 5.10 Å². The van der Waals surface area contributed by atoms with Crippen LogP contribution in [0.3, 0.4) is 0 Å².